The Balaban J connectivity index is 0.000000147. The number of nitrogens with zero attached hydrogens (tertiary/aromatic N) is 6. The lowest BCUT2D eigenvalue weighted by atomic mass is 9.82. The van der Waals surface area contributed by atoms with E-state index >= 15 is 0 Å². The van der Waals surface area contributed by atoms with Gasteiger partial charge in [-0.15, -0.1) is 0 Å². The van der Waals surface area contributed by atoms with Gasteiger partial charge in [0.1, 0.15) is 0 Å². The third-order valence-electron chi connectivity index (χ3n) is 11.3. The van der Waals surface area contributed by atoms with E-state index in [-0.39, 0.29) is 23.9 Å². The van der Waals surface area contributed by atoms with Crippen LogP contribution >= 0.6 is 0 Å². The first-order valence-corrected chi connectivity index (χ1v) is 17.2. The van der Waals surface area contributed by atoms with Crippen LogP contribution in [-0.4, -0.2) is 91.5 Å². The third-order valence-corrected chi connectivity index (χ3v) is 11.3. The number of rotatable bonds is 4. The van der Waals surface area contributed by atoms with Gasteiger partial charge in [-0.3, -0.25) is 19.0 Å². The Kier molecular flexibility index (Phi) is 8.59. The Bertz CT molecular complexity index is 1570. The largest absolute Gasteiger partial charge is 0.348 e. The van der Waals surface area contributed by atoms with E-state index in [2.05, 4.69) is 44.7 Å². The zero-order valence-electron chi connectivity index (χ0n) is 27.7. The fraction of sp³-hybridized carbons (Fsp3) is 0.556. The summed E-state index contributed by atoms with van der Waals surface area (Å²) in [5, 5.41) is 17.2. The molecule has 2 amide bonds. The van der Waals surface area contributed by atoms with Crippen LogP contribution in [0, 0.1) is 0 Å². The van der Waals surface area contributed by atoms with Crippen molar-refractivity contribution in [2.45, 2.75) is 100 Å². The number of carbonyl (C=O) groups is 2. The summed E-state index contributed by atoms with van der Waals surface area (Å²) in [6.45, 7) is 0. The number of carbonyl (C=O) groups excluding carboxylic acids is 2. The Hall–Kier alpha value is -3.76. The molecule has 0 aliphatic carbocycles. The topological polar surface area (TPSA) is 100 Å². The molecule has 2 unspecified atom stereocenters. The van der Waals surface area contributed by atoms with Crippen molar-refractivity contribution in [2.24, 2.45) is 14.1 Å². The van der Waals surface area contributed by atoms with Crippen molar-refractivity contribution in [1.82, 2.24) is 40.0 Å². The minimum Gasteiger partial charge on any atom is -0.348 e. The smallest absolute Gasteiger partial charge is 0.272 e. The second-order valence-electron chi connectivity index (χ2n) is 14.1. The van der Waals surface area contributed by atoms with Gasteiger partial charge >= 0.3 is 0 Å². The predicted octanol–water partition coefficient (Wildman–Crippen LogP) is 4.64. The highest BCUT2D eigenvalue weighted by molar-refractivity contribution is 6.05. The molecule has 2 N–H and O–H groups in total. The van der Waals surface area contributed by atoms with Gasteiger partial charge in [-0.1, -0.05) is 49.2 Å². The molecule has 8 rings (SSSR count). The van der Waals surface area contributed by atoms with Crippen molar-refractivity contribution in [2.75, 3.05) is 14.1 Å². The number of amides is 2. The molecule has 0 spiro atoms. The van der Waals surface area contributed by atoms with Crippen molar-refractivity contribution < 1.29 is 9.59 Å². The lowest BCUT2D eigenvalue weighted by Gasteiger charge is -2.47. The third kappa shape index (κ3) is 5.93. The molecule has 244 valence electrons. The van der Waals surface area contributed by atoms with E-state index in [1.165, 1.54) is 38.5 Å². The number of aromatic nitrogens is 4. The zero-order valence-corrected chi connectivity index (χ0v) is 27.7. The average molecular weight is 625 g/mol. The summed E-state index contributed by atoms with van der Waals surface area (Å²) < 4.78 is 3.57. The average Bonchev–Trinajstić information content (AvgIpc) is 3.55. The Morgan fingerprint density at radius 1 is 0.587 bits per heavy atom. The summed E-state index contributed by atoms with van der Waals surface area (Å²) >= 11 is 0. The van der Waals surface area contributed by atoms with Crippen LogP contribution in [0.2, 0.25) is 0 Å². The van der Waals surface area contributed by atoms with Crippen molar-refractivity contribution >= 4 is 33.6 Å². The highest BCUT2D eigenvalue weighted by atomic mass is 16.2. The van der Waals surface area contributed by atoms with Crippen LogP contribution in [-0.2, 0) is 14.1 Å². The molecule has 2 aromatic heterocycles. The number of para-hydroxylation sites is 2. The van der Waals surface area contributed by atoms with Crippen LogP contribution in [0.15, 0.2) is 48.5 Å². The maximum atomic E-state index is 12.7. The highest BCUT2D eigenvalue weighted by Crippen LogP contribution is 2.34. The fourth-order valence-electron chi connectivity index (χ4n) is 8.74. The van der Waals surface area contributed by atoms with Crippen molar-refractivity contribution in [3.05, 3.63) is 59.9 Å². The van der Waals surface area contributed by atoms with Gasteiger partial charge in [0.05, 0.1) is 11.0 Å². The van der Waals surface area contributed by atoms with E-state index in [9.17, 15) is 9.59 Å². The number of hydrogen-bond acceptors (Lipinski definition) is 6. The summed E-state index contributed by atoms with van der Waals surface area (Å²) in [4.78, 5) is 30.5. The normalized spacial score (nSPS) is 28.0. The summed E-state index contributed by atoms with van der Waals surface area (Å²) in [5.74, 6) is -0.0659. The molecule has 6 atom stereocenters. The number of piperidine rings is 4. The van der Waals surface area contributed by atoms with E-state index in [1.807, 2.05) is 62.6 Å². The van der Waals surface area contributed by atoms with Crippen LogP contribution in [0.1, 0.15) is 85.2 Å². The molecule has 4 aliphatic heterocycles. The molecular weight excluding hydrogens is 576 g/mol. The van der Waals surface area contributed by atoms with Crippen LogP contribution in [0.25, 0.3) is 21.8 Å². The van der Waals surface area contributed by atoms with Crippen LogP contribution < -0.4 is 10.6 Å². The van der Waals surface area contributed by atoms with Crippen molar-refractivity contribution in [3.63, 3.8) is 0 Å². The standard InChI is InChI=1S/2C18H24N4O/c2*1-21-13-6-5-7-14(21)11-12(10-13)19-18(23)17-15-8-3-4-9-16(15)22(2)20-17/h2*3-4,8-9,12-14H,5-7,10-11H2,1-2H3,(H,19,23)/t2*12?,13-,14+. The molecule has 2 aromatic carbocycles. The van der Waals surface area contributed by atoms with Crippen molar-refractivity contribution in [3.8, 4) is 0 Å². The van der Waals surface area contributed by atoms with Gasteiger partial charge in [0.25, 0.3) is 11.8 Å². The molecule has 4 aliphatic rings. The van der Waals surface area contributed by atoms with Gasteiger partial charge in [0.2, 0.25) is 0 Å². The maximum Gasteiger partial charge on any atom is 0.272 e. The minimum absolute atomic E-state index is 0.0329. The molecule has 0 saturated carbocycles. The van der Waals surface area contributed by atoms with E-state index in [0.29, 0.717) is 35.6 Å². The number of hydrogen-bond donors (Lipinski definition) is 2. The predicted molar refractivity (Wildman–Crippen MR) is 181 cm³/mol. The summed E-state index contributed by atoms with van der Waals surface area (Å²) in [5.41, 5.74) is 3.09. The first-order chi connectivity index (χ1) is 22.3. The number of fused-ring (bicyclic) bond motifs is 6. The molecule has 46 heavy (non-hydrogen) atoms. The van der Waals surface area contributed by atoms with Gasteiger partial charge in [0, 0.05) is 61.1 Å². The van der Waals surface area contributed by atoms with Crippen LogP contribution in [0.3, 0.4) is 0 Å². The lowest BCUT2D eigenvalue weighted by molar-refractivity contribution is 0.0459. The molecule has 4 bridgehead atoms. The van der Waals surface area contributed by atoms with Gasteiger partial charge in [0.15, 0.2) is 11.4 Å². The number of nitrogens with one attached hydrogen (secondary N) is 2. The first kappa shape index (κ1) is 30.9. The Morgan fingerprint density at radius 3 is 1.30 bits per heavy atom. The van der Waals surface area contributed by atoms with Gasteiger partial charge < -0.3 is 20.4 Å². The highest BCUT2D eigenvalue weighted by Gasteiger charge is 2.38. The zero-order chi connectivity index (χ0) is 31.9. The summed E-state index contributed by atoms with van der Waals surface area (Å²) in [6, 6.07) is 18.8. The van der Waals surface area contributed by atoms with E-state index in [4.69, 9.17) is 0 Å². The lowest BCUT2D eigenvalue weighted by Crippen LogP contribution is -2.55. The molecule has 10 nitrogen and oxygen atoms in total. The molecule has 6 heterocycles. The maximum absolute atomic E-state index is 12.7. The molecule has 4 aromatic rings. The second-order valence-corrected chi connectivity index (χ2v) is 14.1. The monoisotopic (exact) mass is 624 g/mol. The van der Waals surface area contributed by atoms with Crippen LogP contribution in [0.5, 0.6) is 0 Å². The molecule has 4 fully saturated rings. The van der Waals surface area contributed by atoms with Gasteiger partial charge in [-0.25, -0.2) is 0 Å². The quantitative estimate of drug-likeness (QED) is 0.343. The first-order valence-electron chi connectivity index (χ1n) is 17.2. The SMILES string of the molecule is CN1[C@@H]2CCC[C@H]1CC(NC(=O)c1nn(C)c3ccccc13)C2.CN1[C@@H]2CCC[C@H]1CC(NC(=O)c1nn(C)c3ccccc13)C2. The van der Waals surface area contributed by atoms with E-state index in [0.717, 1.165) is 47.5 Å². The summed E-state index contributed by atoms with van der Waals surface area (Å²) in [7, 11) is 8.25. The van der Waals surface area contributed by atoms with Crippen molar-refractivity contribution in [1.29, 1.82) is 0 Å². The molecule has 4 saturated heterocycles. The van der Waals surface area contributed by atoms with Gasteiger partial charge in [-0.2, -0.15) is 10.2 Å². The number of aryl methyl sites for hydroxylation is 2. The fourth-order valence-corrected chi connectivity index (χ4v) is 8.74. The molecular formula is C36H48N8O2. The molecule has 10 heteroatoms. The second kappa shape index (κ2) is 12.8. The Labute approximate surface area is 271 Å². The van der Waals surface area contributed by atoms with Gasteiger partial charge in [-0.05, 0) is 77.6 Å². The molecule has 0 radical (unpaired) electrons. The number of benzene rings is 2. The Morgan fingerprint density at radius 2 is 0.935 bits per heavy atom. The van der Waals surface area contributed by atoms with E-state index < -0.39 is 0 Å². The van der Waals surface area contributed by atoms with E-state index in [1.54, 1.807) is 9.36 Å². The minimum atomic E-state index is -0.0329. The van der Waals surface area contributed by atoms with Crippen LogP contribution in [0.4, 0.5) is 0 Å². The summed E-state index contributed by atoms with van der Waals surface area (Å²) in [6.07, 6.45) is 11.9.